The molecule has 5 nitrogen and oxygen atoms in total. The number of aromatic hydroxyl groups is 2. The molecule has 0 atom stereocenters. The maximum absolute atomic E-state index is 9.97. The Morgan fingerprint density at radius 1 is 0.960 bits per heavy atom. The minimum Gasteiger partial charge on any atom is -0.508 e. The fraction of sp³-hybridized carbons (Fsp3) is 0.0526. The number of hydrogen-bond donors (Lipinski definition) is 2. The van der Waals surface area contributed by atoms with Crippen LogP contribution >= 0.6 is 11.6 Å². The highest BCUT2D eigenvalue weighted by molar-refractivity contribution is 6.32. The Morgan fingerprint density at radius 2 is 1.80 bits per heavy atom. The van der Waals surface area contributed by atoms with Crippen LogP contribution in [0.15, 0.2) is 53.1 Å². The molecule has 2 aromatic heterocycles. The fourth-order valence-corrected chi connectivity index (χ4v) is 2.93. The summed E-state index contributed by atoms with van der Waals surface area (Å²) < 4.78 is 5.40. The van der Waals surface area contributed by atoms with Gasteiger partial charge in [-0.2, -0.15) is 0 Å². The van der Waals surface area contributed by atoms with E-state index in [4.69, 9.17) is 16.1 Å². The first-order chi connectivity index (χ1) is 12.0. The Balaban J connectivity index is 1.81. The number of hydrogen-bond acceptors (Lipinski definition) is 5. The maximum atomic E-state index is 9.97. The Kier molecular flexibility index (Phi) is 3.58. The van der Waals surface area contributed by atoms with E-state index in [-0.39, 0.29) is 11.5 Å². The minimum atomic E-state index is -0.0851. The smallest absolute Gasteiger partial charge is 0.170 e. The lowest BCUT2D eigenvalue weighted by Gasteiger charge is -2.04. The molecule has 2 N–H and O–H groups in total. The summed E-state index contributed by atoms with van der Waals surface area (Å²) in [4.78, 5) is 4.42. The van der Waals surface area contributed by atoms with Gasteiger partial charge in [0.05, 0.1) is 11.1 Å². The van der Waals surface area contributed by atoms with Crippen molar-refractivity contribution in [3.63, 3.8) is 0 Å². The summed E-state index contributed by atoms with van der Waals surface area (Å²) >= 11 is 6.32. The van der Waals surface area contributed by atoms with Crippen LogP contribution in [0.25, 0.3) is 33.5 Å². The Labute approximate surface area is 148 Å². The van der Waals surface area contributed by atoms with Crippen molar-refractivity contribution in [2.45, 2.75) is 6.92 Å². The van der Waals surface area contributed by atoms with Gasteiger partial charge in [0.1, 0.15) is 22.3 Å². The number of rotatable bonds is 2. The number of halogens is 1. The topological polar surface area (TPSA) is 79.4 Å². The predicted octanol–water partition coefficient (Wildman–Crippen LogP) is 4.93. The Morgan fingerprint density at radius 3 is 2.60 bits per heavy atom. The molecular weight excluding hydrogens is 340 g/mol. The standard InChI is InChI=1S/C19H13ClN2O3/c1-10-2-3-11-7-14(19(20)21-15(11)6-10)18-9-16(22-25-18)13-5-4-12(23)8-17(13)24/h2-9,23-24H,1H3. The molecule has 124 valence electrons. The summed E-state index contributed by atoms with van der Waals surface area (Å²) in [7, 11) is 0. The lowest BCUT2D eigenvalue weighted by Crippen LogP contribution is -1.86. The molecule has 0 saturated heterocycles. The monoisotopic (exact) mass is 352 g/mol. The van der Waals surface area contributed by atoms with Crippen LogP contribution in [-0.4, -0.2) is 20.4 Å². The van der Waals surface area contributed by atoms with E-state index < -0.39 is 0 Å². The van der Waals surface area contributed by atoms with Gasteiger partial charge in [-0.1, -0.05) is 28.9 Å². The largest absolute Gasteiger partial charge is 0.508 e. The van der Waals surface area contributed by atoms with Crippen molar-refractivity contribution in [2.75, 3.05) is 0 Å². The average Bonchev–Trinajstić information content (AvgIpc) is 3.03. The first-order valence-electron chi connectivity index (χ1n) is 7.57. The van der Waals surface area contributed by atoms with Gasteiger partial charge >= 0.3 is 0 Å². The van der Waals surface area contributed by atoms with Gasteiger partial charge < -0.3 is 14.7 Å². The van der Waals surface area contributed by atoms with Gasteiger partial charge in [0.25, 0.3) is 0 Å². The molecule has 2 heterocycles. The molecule has 25 heavy (non-hydrogen) atoms. The summed E-state index contributed by atoms with van der Waals surface area (Å²) in [6.45, 7) is 2.00. The van der Waals surface area contributed by atoms with Gasteiger partial charge in [0, 0.05) is 23.1 Å². The van der Waals surface area contributed by atoms with Crippen molar-refractivity contribution >= 4 is 22.5 Å². The Bertz CT molecular complexity index is 1110. The second-order valence-electron chi connectivity index (χ2n) is 5.80. The fourth-order valence-electron chi connectivity index (χ4n) is 2.69. The van der Waals surface area contributed by atoms with E-state index in [9.17, 15) is 10.2 Å². The highest BCUT2D eigenvalue weighted by Gasteiger charge is 2.16. The second kappa shape index (κ2) is 5.79. The lowest BCUT2D eigenvalue weighted by molar-refractivity contribution is 0.432. The molecule has 0 unspecified atom stereocenters. The molecule has 4 aromatic rings. The van der Waals surface area contributed by atoms with Crippen LogP contribution < -0.4 is 0 Å². The third-order valence-corrected chi connectivity index (χ3v) is 4.25. The van der Waals surface area contributed by atoms with Crippen LogP contribution in [0.1, 0.15) is 5.56 Å². The molecule has 0 aliphatic carbocycles. The molecule has 0 radical (unpaired) electrons. The van der Waals surface area contributed by atoms with Crippen LogP contribution in [0, 0.1) is 6.92 Å². The summed E-state index contributed by atoms with van der Waals surface area (Å²) in [5.74, 6) is 0.336. The van der Waals surface area contributed by atoms with E-state index in [1.807, 2.05) is 31.2 Å². The van der Waals surface area contributed by atoms with Crippen molar-refractivity contribution in [3.8, 4) is 34.1 Å². The third-order valence-electron chi connectivity index (χ3n) is 3.96. The average molecular weight is 353 g/mol. The molecule has 6 heteroatoms. The van der Waals surface area contributed by atoms with Crippen molar-refractivity contribution < 1.29 is 14.7 Å². The first-order valence-corrected chi connectivity index (χ1v) is 7.95. The Hall–Kier alpha value is -3.05. The molecule has 0 spiro atoms. The van der Waals surface area contributed by atoms with E-state index in [1.165, 1.54) is 12.1 Å². The van der Waals surface area contributed by atoms with Crippen LogP contribution in [0.2, 0.25) is 5.15 Å². The summed E-state index contributed by atoms with van der Waals surface area (Å²) in [6.07, 6.45) is 0. The van der Waals surface area contributed by atoms with Crippen molar-refractivity contribution in [1.29, 1.82) is 0 Å². The number of fused-ring (bicyclic) bond motifs is 1. The number of aryl methyl sites for hydroxylation is 1. The molecule has 4 rings (SSSR count). The van der Waals surface area contributed by atoms with Gasteiger partial charge in [0.2, 0.25) is 0 Å². The van der Waals surface area contributed by atoms with E-state index in [0.717, 1.165) is 16.5 Å². The first kappa shape index (κ1) is 15.5. The molecule has 0 amide bonds. The number of benzene rings is 2. The zero-order valence-electron chi connectivity index (χ0n) is 13.2. The number of phenols is 2. The lowest BCUT2D eigenvalue weighted by atomic mass is 10.1. The van der Waals surface area contributed by atoms with Gasteiger partial charge in [-0.25, -0.2) is 4.98 Å². The summed E-state index contributed by atoms with van der Waals surface area (Å²) in [6, 6.07) is 13.8. The normalized spacial score (nSPS) is 11.1. The van der Waals surface area contributed by atoms with Crippen LogP contribution in [-0.2, 0) is 0 Å². The summed E-state index contributed by atoms with van der Waals surface area (Å²) in [5, 5.41) is 24.6. The summed E-state index contributed by atoms with van der Waals surface area (Å²) in [5.41, 5.74) is 3.43. The van der Waals surface area contributed by atoms with Gasteiger partial charge in [0.15, 0.2) is 5.76 Å². The van der Waals surface area contributed by atoms with Crippen LogP contribution in [0.3, 0.4) is 0 Å². The molecule has 0 aliphatic heterocycles. The van der Waals surface area contributed by atoms with Gasteiger partial charge in [-0.15, -0.1) is 0 Å². The molecule has 0 fully saturated rings. The molecular formula is C19H13ClN2O3. The van der Waals surface area contributed by atoms with Crippen molar-refractivity contribution in [2.24, 2.45) is 0 Å². The van der Waals surface area contributed by atoms with E-state index in [2.05, 4.69) is 10.1 Å². The molecule has 2 aromatic carbocycles. The number of phenolic OH excluding ortho intramolecular Hbond substituents is 2. The molecule has 0 aliphatic rings. The number of pyridine rings is 1. The number of nitrogens with zero attached hydrogens (tertiary/aromatic N) is 2. The van der Waals surface area contributed by atoms with Crippen LogP contribution in [0.4, 0.5) is 0 Å². The zero-order valence-corrected chi connectivity index (χ0v) is 13.9. The minimum absolute atomic E-state index is 0.0259. The van der Waals surface area contributed by atoms with Crippen LogP contribution in [0.5, 0.6) is 11.5 Å². The number of aromatic nitrogens is 2. The quantitative estimate of drug-likeness (QED) is 0.500. The SMILES string of the molecule is Cc1ccc2cc(-c3cc(-c4ccc(O)cc4O)no3)c(Cl)nc2c1. The maximum Gasteiger partial charge on any atom is 0.170 e. The van der Waals surface area contributed by atoms with E-state index in [0.29, 0.717) is 27.7 Å². The highest BCUT2D eigenvalue weighted by Crippen LogP contribution is 2.36. The van der Waals surface area contributed by atoms with Gasteiger partial charge in [-0.3, -0.25) is 0 Å². The molecule has 0 bridgehead atoms. The van der Waals surface area contributed by atoms with Crippen molar-refractivity contribution in [3.05, 3.63) is 59.2 Å². The zero-order chi connectivity index (χ0) is 17.6. The predicted molar refractivity (Wildman–Crippen MR) is 95.8 cm³/mol. The van der Waals surface area contributed by atoms with Crippen molar-refractivity contribution in [1.82, 2.24) is 10.1 Å². The van der Waals surface area contributed by atoms with E-state index in [1.54, 1.807) is 12.1 Å². The van der Waals surface area contributed by atoms with E-state index >= 15 is 0 Å². The van der Waals surface area contributed by atoms with Gasteiger partial charge in [-0.05, 0) is 36.8 Å². The second-order valence-corrected chi connectivity index (χ2v) is 6.16. The highest BCUT2D eigenvalue weighted by atomic mass is 35.5. The third kappa shape index (κ3) is 2.79. The molecule has 0 saturated carbocycles.